The van der Waals surface area contributed by atoms with E-state index < -0.39 is 0 Å². The molecule has 5 nitrogen and oxygen atoms in total. The molecular weight excluding hydrogens is 371 g/mol. The molecule has 0 aliphatic rings. The van der Waals surface area contributed by atoms with Crippen LogP contribution in [0.2, 0.25) is 0 Å². The van der Waals surface area contributed by atoms with Crippen LogP contribution in [0.5, 0.6) is 0 Å². The summed E-state index contributed by atoms with van der Waals surface area (Å²) < 4.78 is 15.0. The van der Waals surface area contributed by atoms with Crippen LogP contribution in [-0.4, -0.2) is 26.4 Å². The Labute approximate surface area is 159 Å². The number of amides is 1. The first-order valence-electron chi connectivity index (χ1n) is 7.87. The van der Waals surface area contributed by atoms with Gasteiger partial charge in [-0.05, 0) is 29.1 Å². The fourth-order valence-corrected chi connectivity index (χ4v) is 3.92. The number of thioether (sulfide) groups is 1. The highest BCUT2D eigenvalue weighted by molar-refractivity contribution is 7.99. The van der Waals surface area contributed by atoms with Crippen LogP contribution in [-0.2, 0) is 11.3 Å². The summed E-state index contributed by atoms with van der Waals surface area (Å²) >= 11 is 2.86. The van der Waals surface area contributed by atoms with E-state index in [-0.39, 0.29) is 23.5 Å². The molecule has 1 amide bonds. The van der Waals surface area contributed by atoms with Crippen molar-refractivity contribution in [2.75, 3.05) is 5.75 Å². The highest BCUT2D eigenvalue weighted by Crippen LogP contribution is 2.26. The molecule has 3 rings (SSSR count). The average Bonchev–Trinajstić information content (AvgIpc) is 3.31. The van der Waals surface area contributed by atoms with Gasteiger partial charge in [-0.1, -0.05) is 36.0 Å². The maximum Gasteiger partial charge on any atom is 0.231 e. The Morgan fingerprint density at radius 3 is 2.88 bits per heavy atom. The second kappa shape index (κ2) is 8.77. The van der Waals surface area contributed by atoms with E-state index in [1.165, 1.54) is 23.9 Å². The topological polar surface area (TPSA) is 59.8 Å². The molecule has 1 unspecified atom stereocenters. The van der Waals surface area contributed by atoms with Crippen molar-refractivity contribution in [3.8, 4) is 0 Å². The van der Waals surface area contributed by atoms with E-state index in [2.05, 4.69) is 22.1 Å². The monoisotopic (exact) mass is 388 g/mol. The van der Waals surface area contributed by atoms with Gasteiger partial charge in [-0.15, -0.1) is 28.1 Å². The third-order valence-electron chi connectivity index (χ3n) is 3.57. The minimum atomic E-state index is -0.310. The molecule has 0 saturated heterocycles. The van der Waals surface area contributed by atoms with E-state index >= 15 is 0 Å². The molecule has 3 aromatic rings. The van der Waals surface area contributed by atoms with Gasteiger partial charge in [-0.3, -0.25) is 4.79 Å². The van der Waals surface area contributed by atoms with Gasteiger partial charge in [0, 0.05) is 11.4 Å². The number of hydrogen-bond donors (Lipinski definition) is 1. The van der Waals surface area contributed by atoms with Crippen LogP contribution in [0.4, 0.5) is 4.39 Å². The van der Waals surface area contributed by atoms with Crippen molar-refractivity contribution in [2.24, 2.45) is 0 Å². The second-order valence-electron chi connectivity index (χ2n) is 5.41. The number of nitrogens with one attached hydrogen (secondary N) is 1. The number of aromatic nitrogens is 3. The van der Waals surface area contributed by atoms with Crippen LogP contribution in [0.3, 0.4) is 0 Å². The van der Waals surface area contributed by atoms with Gasteiger partial charge in [0.2, 0.25) is 5.91 Å². The quantitative estimate of drug-likeness (QED) is 0.473. The number of nitrogens with zero attached hydrogens (tertiary/aromatic N) is 3. The lowest BCUT2D eigenvalue weighted by Crippen LogP contribution is -2.30. The molecule has 0 radical (unpaired) electrons. The highest BCUT2D eigenvalue weighted by atomic mass is 32.2. The lowest BCUT2D eigenvalue weighted by atomic mass is 10.1. The Hall–Kier alpha value is -2.45. The Morgan fingerprint density at radius 2 is 2.19 bits per heavy atom. The zero-order valence-electron chi connectivity index (χ0n) is 13.8. The van der Waals surface area contributed by atoms with Gasteiger partial charge in [0.05, 0.1) is 11.8 Å². The molecule has 0 spiro atoms. The molecule has 1 N–H and O–H groups in total. The van der Waals surface area contributed by atoms with E-state index in [9.17, 15) is 9.18 Å². The molecule has 8 heteroatoms. The second-order valence-corrected chi connectivity index (χ2v) is 7.33. The third kappa shape index (κ3) is 4.59. The maximum absolute atomic E-state index is 13.2. The Morgan fingerprint density at radius 1 is 1.38 bits per heavy atom. The normalized spacial score (nSPS) is 11.9. The predicted molar refractivity (Wildman–Crippen MR) is 102 cm³/mol. The lowest BCUT2D eigenvalue weighted by molar-refractivity contribution is -0.119. The van der Waals surface area contributed by atoms with Gasteiger partial charge in [0.1, 0.15) is 12.1 Å². The molecule has 26 heavy (non-hydrogen) atoms. The van der Waals surface area contributed by atoms with Gasteiger partial charge in [0.25, 0.3) is 0 Å². The fourth-order valence-electron chi connectivity index (χ4n) is 2.38. The Bertz CT molecular complexity index is 862. The number of benzene rings is 1. The van der Waals surface area contributed by atoms with Crippen molar-refractivity contribution in [1.29, 1.82) is 0 Å². The highest BCUT2D eigenvalue weighted by Gasteiger charge is 2.18. The SMILES string of the molecule is C=CCn1cnnc1SCC(=O)NC(c1ccc(F)cc1)c1cccs1. The van der Waals surface area contributed by atoms with Crippen molar-refractivity contribution in [3.05, 3.63) is 77.0 Å². The summed E-state index contributed by atoms with van der Waals surface area (Å²) in [5.74, 6) is -0.230. The van der Waals surface area contributed by atoms with Crippen molar-refractivity contribution >= 4 is 29.0 Å². The van der Waals surface area contributed by atoms with Crippen molar-refractivity contribution in [3.63, 3.8) is 0 Å². The van der Waals surface area contributed by atoms with Crippen LogP contribution >= 0.6 is 23.1 Å². The Kier molecular flexibility index (Phi) is 6.19. The van der Waals surface area contributed by atoms with E-state index in [0.29, 0.717) is 11.7 Å². The first-order valence-corrected chi connectivity index (χ1v) is 9.73. The molecule has 0 saturated carbocycles. The molecule has 0 fully saturated rings. The lowest BCUT2D eigenvalue weighted by Gasteiger charge is -2.18. The summed E-state index contributed by atoms with van der Waals surface area (Å²) in [5.41, 5.74) is 0.835. The van der Waals surface area contributed by atoms with Gasteiger partial charge >= 0.3 is 0 Å². The van der Waals surface area contributed by atoms with Crippen molar-refractivity contribution < 1.29 is 9.18 Å². The van der Waals surface area contributed by atoms with Gasteiger partial charge in [0.15, 0.2) is 5.16 Å². The number of halogens is 1. The van der Waals surface area contributed by atoms with Crippen LogP contribution in [0.25, 0.3) is 0 Å². The molecular formula is C18H17FN4OS2. The average molecular weight is 388 g/mol. The van der Waals surface area contributed by atoms with Gasteiger partial charge < -0.3 is 9.88 Å². The Balaban J connectivity index is 1.68. The predicted octanol–water partition coefficient (Wildman–Crippen LogP) is 3.66. The number of carbonyl (C=O) groups is 1. The third-order valence-corrected chi connectivity index (χ3v) is 5.49. The molecule has 0 aliphatic carbocycles. The van der Waals surface area contributed by atoms with Gasteiger partial charge in [-0.2, -0.15) is 0 Å². The van der Waals surface area contributed by atoms with Crippen LogP contribution < -0.4 is 5.32 Å². The molecule has 2 aromatic heterocycles. The zero-order chi connectivity index (χ0) is 18.4. The van der Waals surface area contributed by atoms with Gasteiger partial charge in [-0.25, -0.2) is 4.39 Å². The van der Waals surface area contributed by atoms with Crippen molar-refractivity contribution in [2.45, 2.75) is 17.7 Å². The van der Waals surface area contributed by atoms with Crippen LogP contribution in [0.1, 0.15) is 16.5 Å². The number of allylic oxidation sites excluding steroid dienone is 1. The van der Waals surface area contributed by atoms with E-state index in [1.54, 1.807) is 35.9 Å². The number of thiophene rings is 1. The molecule has 134 valence electrons. The van der Waals surface area contributed by atoms with E-state index in [4.69, 9.17) is 0 Å². The number of carbonyl (C=O) groups excluding carboxylic acids is 1. The minimum absolute atomic E-state index is 0.133. The maximum atomic E-state index is 13.2. The summed E-state index contributed by atoms with van der Waals surface area (Å²) in [5, 5.41) is 13.5. The summed E-state index contributed by atoms with van der Waals surface area (Å²) in [7, 11) is 0. The molecule has 0 bridgehead atoms. The van der Waals surface area contributed by atoms with Crippen LogP contribution in [0.15, 0.2) is 65.9 Å². The fraction of sp³-hybridized carbons (Fsp3) is 0.167. The van der Waals surface area contributed by atoms with Crippen LogP contribution in [0, 0.1) is 5.82 Å². The number of hydrogen-bond acceptors (Lipinski definition) is 5. The summed E-state index contributed by atoms with van der Waals surface area (Å²) in [6, 6.07) is 9.74. The summed E-state index contributed by atoms with van der Waals surface area (Å²) in [6.07, 6.45) is 3.35. The van der Waals surface area contributed by atoms with E-state index in [0.717, 1.165) is 10.4 Å². The first-order chi connectivity index (χ1) is 12.7. The van der Waals surface area contributed by atoms with E-state index in [1.807, 2.05) is 22.1 Å². The van der Waals surface area contributed by atoms with Crippen molar-refractivity contribution in [1.82, 2.24) is 20.1 Å². The first kappa shape index (κ1) is 18.3. The molecule has 1 atom stereocenters. The molecule has 0 aliphatic heterocycles. The smallest absolute Gasteiger partial charge is 0.231 e. The largest absolute Gasteiger partial charge is 0.344 e. The molecule has 2 heterocycles. The summed E-state index contributed by atoms with van der Waals surface area (Å²) in [4.78, 5) is 13.5. The summed E-state index contributed by atoms with van der Waals surface area (Å²) in [6.45, 7) is 4.28. The molecule has 1 aromatic carbocycles. The number of rotatable bonds is 8. The standard InChI is InChI=1S/C18H17FN4OS2/c1-2-9-23-12-20-22-18(23)26-11-16(24)21-17(15-4-3-10-25-15)13-5-7-14(19)8-6-13/h2-8,10,12,17H,1,9,11H2,(H,21,24). The zero-order valence-corrected chi connectivity index (χ0v) is 15.5. The minimum Gasteiger partial charge on any atom is -0.344 e.